The first-order chi connectivity index (χ1) is 12.5. The van der Waals surface area contributed by atoms with Crippen LogP contribution in [-0.2, 0) is 13.7 Å². The molecule has 7 nitrogen and oxygen atoms in total. The number of amides is 1. The highest BCUT2D eigenvalue weighted by Crippen LogP contribution is 2.15. The highest BCUT2D eigenvalue weighted by atomic mass is 16.5. The Morgan fingerprint density at radius 2 is 2.00 bits per heavy atom. The summed E-state index contributed by atoms with van der Waals surface area (Å²) in [5, 5.41) is 7.06. The third kappa shape index (κ3) is 4.24. The highest BCUT2D eigenvalue weighted by Gasteiger charge is 2.14. The van der Waals surface area contributed by atoms with Crippen LogP contribution in [0.2, 0.25) is 0 Å². The number of nitrogens with zero attached hydrogens (tertiary/aromatic N) is 4. The molecule has 0 saturated carbocycles. The molecule has 3 aromatic rings. The minimum atomic E-state index is -0.289. The maximum atomic E-state index is 12.5. The van der Waals surface area contributed by atoms with Crippen molar-refractivity contribution < 1.29 is 9.53 Å². The first-order valence-corrected chi connectivity index (χ1v) is 8.38. The second-order valence-corrected chi connectivity index (χ2v) is 6.18. The van der Waals surface area contributed by atoms with Crippen molar-refractivity contribution in [3.63, 3.8) is 0 Å². The first-order valence-electron chi connectivity index (χ1n) is 8.38. The van der Waals surface area contributed by atoms with Crippen LogP contribution >= 0.6 is 0 Å². The molecule has 0 fully saturated rings. The molecule has 0 atom stereocenters. The minimum Gasteiger partial charge on any atom is -0.473 e. The summed E-state index contributed by atoms with van der Waals surface area (Å²) in [5.74, 6) is 1.38. The van der Waals surface area contributed by atoms with Gasteiger partial charge in [-0.3, -0.25) is 10.1 Å². The fourth-order valence-corrected chi connectivity index (χ4v) is 2.29. The Morgan fingerprint density at radius 3 is 2.69 bits per heavy atom. The van der Waals surface area contributed by atoms with Crippen LogP contribution in [0.25, 0.3) is 0 Å². The summed E-state index contributed by atoms with van der Waals surface area (Å²) in [6.45, 7) is 4.39. The average Bonchev–Trinajstić information content (AvgIpc) is 3.02. The molecule has 2 heterocycles. The van der Waals surface area contributed by atoms with Gasteiger partial charge in [0.05, 0.1) is 0 Å². The molecule has 0 aliphatic rings. The van der Waals surface area contributed by atoms with Gasteiger partial charge in [-0.25, -0.2) is 9.67 Å². The monoisotopic (exact) mass is 351 g/mol. The Labute approximate surface area is 152 Å². The van der Waals surface area contributed by atoms with E-state index < -0.39 is 0 Å². The van der Waals surface area contributed by atoms with Gasteiger partial charge in [0.1, 0.15) is 6.61 Å². The highest BCUT2D eigenvalue weighted by molar-refractivity contribution is 6.03. The lowest BCUT2D eigenvalue weighted by atomic mass is 10.2. The summed E-state index contributed by atoms with van der Waals surface area (Å²) in [7, 11) is 1.75. The van der Waals surface area contributed by atoms with Gasteiger partial charge in [-0.2, -0.15) is 10.1 Å². The molecule has 134 valence electrons. The van der Waals surface area contributed by atoms with Crippen LogP contribution in [0.3, 0.4) is 0 Å². The van der Waals surface area contributed by atoms with E-state index in [-0.39, 0.29) is 11.8 Å². The number of aryl methyl sites for hydroxylation is 1. The second-order valence-electron chi connectivity index (χ2n) is 6.18. The number of pyridine rings is 1. The Hall–Kier alpha value is -3.22. The molecule has 0 bridgehead atoms. The van der Waals surface area contributed by atoms with Crippen molar-refractivity contribution in [1.29, 1.82) is 0 Å². The van der Waals surface area contributed by atoms with Crippen LogP contribution in [0.5, 0.6) is 5.88 Å². The smallest absolute Gasteiger partial charge is 0.258 e. The normalized spacial score (nSPS) is 10.8. The summed E-state index contributed by atoms with van der Waals surface area (Å²) in [5.41, 5.74) is 1.47. The van der Waals surface area contributed by atoms with E-state index in [2.05, 4.69) is 20.4 Å². The molecule has 0 spiro atoms. The summed E-state index contributed by atoms with van der Waals surface area (Å²) in [6.07, 6.45) is 1.55. The number of nitrogens with one attached hydrogen (secondary N) is 1. The average molecular weight is 351 g/mol. The lowest BCUT2D eigenvalue weighted by Crippen LogP contribution is -2.15. The van der Waals surface area contributed by atoms with E-state index in [4.69, 9.17) is 4.74 Å². The third-order valence-electron chi connectivity index (χ3n) is 3.75. The van der Waals surface area contributed by atoms with E-state index in [0.29, 0.717) is 29.8 Å². The fraction of sp³-hybridized carbons (Fsp3) is 0.263. The number of rotatable bonds is 6. The molecule has 26 heavy (non-hydrogen) atoms. The molecule has 7 heteroatoms. The Bertz CT molecular complexity index is 890. The third-order valence-corrected chi connectivity index (χ3v) is 3.75. The minimum absolute atomic E-state index is 0.186. The molecule has 0 radical (unpaired) electrons. The van der Waals surface area contributed by atoms with Gasteiger partial charge >= 0.3 is 0 Å². The van der Waals surface area contributed by atoms with Crippen molar-refractivity contribution in [2.75, 3.05) is 5.32 Å². The van der Waals surface area contributed by atoms with Gasteiger partial charge in [-0.15, -0.1) is 0 Å². The lowest BCUT2D eigenvalue weighted by molar-refractivity contribution is 0.102. The largest absolute Gasteiger partial charge is 0.473 e. The summed E-state index contributed by atoms with van der Waals surface area (Å²) in [4.78, 5) is 21.0. The molecule has 0 aliphatic heterocycles. The zero-order chi connectivity index (χ0) is 18.5. The SMILES string of the molecule is CC(C)c1nc(NC(=O)c2ccnc(OCc3ccccc3)c2)n(C)n1. The Morgan fingerprint density at radius 1 is 1.23 bits per heavy atom. The number of hydrogen-bond acceptors (Lipinski definition) is 5. The van der Waals surface area contributed by atoms with Crippen molar-refractivity contribution in [3.05, 3.63) is 65.6 Å². The van der Waals surface area contributed by atoms with Gasteiger partial charge in [-0.1, -0.05) is 44.2 Å². The van der Waals surface area contributed by atoms with Gasteiger partial charge < -0.3 is 4.74 Å². The van der Waals surface area contributed by atoms with Gasteiger partial charge in [-0.05, 0) is 11.6 Å². The van der Waals surface area contributed by atoms with Crippen molar-refractivity contribution in [2.45, 2.75) is 26.4 Å². The van der Waals surface area contributed by atoms with Crippen molar-refractivity contribution in [2.24, 2.45) is 7.05 Å². The van der Waals surface area contributed by atoms with Gasteiger partial charge in [0.25, 0.3) is 5.91 Å². The van der Waals surface area contributed by atoms with Crippen LogP contribution < -0.4 is 10.1 Å². The van der Waals surface area contributed by atoms with E-state index in [1.807, 2.05) is 44.2 Å². The summed E-state index contributed by atoms with van der Waals surface area (Å²) >= 11 is 0. The number of aromatic nitrogens is 4. The van der Waals surface area contributed by atoms with Crippen LogP contribution in [-0.4, -0.2) is 25.7 Å². The molecule has 3 rings (SSSR count). The second kappa shape index (κ2) is 7.77. The van der Waals surface area contributed by atoms with E-state index in [0.717, 1.165) is 5.56 Å². The number of carbonyl (C=O) groups is 1. The lowest BCUT2D eigenvalue weighted by Gasteiger charge is -2.07. The number of benzene rings is 1. The van der Waals surface area contributed by atoms with Crippen molar-refractivity contribution >= 4 is 11.9 Å². The number of hydrogen-bond donors (Lipinski definition) is 1. The fourth-order valence-electron chi connectivity index (χ4n) is 2.29. The predicted octanol–water partition coefficient (Wildman–Crippen LogP) is 3.16. The Kier molecular flexibility index (Phi) is 5.26. The number of anilines is 1. The molecule has 1 aromatic carbocycles. The maximum absolute atomic E-state index is 12.5. The summed E-state index contributed by atoms with van der Waals surface area (Å²) in [6, 6.07) is 13.0. The number of carbonyl (C=O) groups excluding carboxylic acids is 1. The molecule has 0 saturated heterocycles. The van der Waals surface area contributed by atoms with Crippen LogP contribution in [0.1, 0.15) is 41.5 Å². The van der Waals surface area contributed by atoms with Crippen molar-refractivity contribution in [1.82, 2.24) is 19.7 Å². The number of ether oxygens (including phenoxy) is 1. The first kappa shape index (κ1) is 17.6. The summed E-state index contributed by atoms with van der Waals surface area (Å²) < 4.78 is 7.22. The molecule has 1 amide bonds. The molecule has 0 unspecified atom stereocenters. The van der Waals surface area contributed by atoms with Crippen LogP contribution in [0.15, 0.2) is 48.7 Å². The zero-order valence-electron chi connectivity index (χ0n) is 15.0. The van der Waals surface area contributed by atoms with E-state index in [1.165, 1.54) is 0 Å². The molecular weight excluding hydrogens is 330 g/mol. The van der Waals surface area contributed by atoms with Crippen molar-refractivity contribution in [3.8, 4) is 5.88 Å². The predicted molar refractivity (Wildman–Crippen MR) is 98.1 cm³/mol. The standard InChI is InChI=1S/C19H21N5O2/c1-13(2)17-21-19(24(3)23-17)22-18(25)15-9-10-20-16(11-15)26-12-14-7-5-4-6-8-14/h4-11,13H,12H2,1-3H3,(H,21,22,23,25). The maximum Gasteiger partial charge on any atom is 0.258 e. The Balaban J connectivity index is 1.68. The molecule has 2 aromatic heterocycles. The quantitative estimate of drug-likeness (QED) is 0.738. The topological polar surface area (TPSA) is 81.9 Å². The van der Waals surface area contributed by atoms with E-state index >= 15 is 0 Å². The van der Waals surface area contributed by atoms with Crippen LogP contribution in [0.4, 0.5) is 5.95 Å². The van der Waals surface area contributed by atoms with E-state index in [9.17, 15) is 4.79 Å². The van der Waals surface area contributed by atoms with Gasteiger partial charge in [0.2, 0.25) is 11.8 Å². The van der Waals surface area contributed by atoms with Gasteiger partial charge in [0, 0.05) is 30.8 Å². The van der Waals surface area contributed by atoms with E-state index in [1.54, 1.807) is 30.1 Å². The molecule has 0 aliphatic carbocycles. The molecule has 1 N–H and O–H groups in total. The zero-order valence-corrected chi connectivity index (χ0v) is 15.0. The van der Waals surface area contributed by atoms with Gasteiger partial charge in [0.15, 0.2) is 5.82 Å². The molecular formula is C19H21N5O2. The van der Waals surface area contributed by atoms with Crippen LogP contribution in [0, 0.1) is 0 Å².